The molecule has 0 radical (unpaired) electrons. The van der Waals surface area contributed by atoms with Crippen LogP contribution < -0.4 is 5.73 Å². The molecule has 0 aliphatic heterocycles. The summed E-state index contributed by atoms with van der Waals surface area (Å²) in [6.07, 6.45) is 8.75. The molecule has 0 amide bonds. The van der Waals surface area contributed by atoms with Crippen molar-refractivity contribution in [3.05, 3.63) is 30.1 Å². The lowest BCUT2D eigenvalue weighted by Crippen LogP contribution is -2.14. The van der Waals surface area contributed by atoms with Crippen molar-refractivity contribution in [1.82, 2.24) is 9.78 Å². The van der Waals surface area contributed by atoms with Crippen LogP contribution in [-0.2, 0) is 13.5 Å². The summed E-state index contributed by atoms with van der Waals surface area (Å²) in [6.45, 7) is 5.85. The van der Waals surface area contributed by atoms with Crippen molar-refractivity contribution in [3.63, 3.8) is 0 Å². The smallest absolute Gasteiger partial charge is 0.0625 e. The van der Waals surface area contributed by atoms with Crippen LogP contribution in [-0.4, -0.2) is 9.78 Å². The highest BCUT2D eigenvalue weighted by Gasteiger charge is 2.11. The van der Waals surface area contributed by atoms with Crippen LogP contribution in [0.25, 0.3) is 0 Å². The molecule has 1 aromatic heterocycles. The molecule has 1 rings (SSSR count). The van der Waals surface area contributed by atoms with E-state index < -0.39 is 0 Å². The number of aryl methyl sites for hydroxylation is 2. The lowest BCUT2D eigenvalue weighted by atomic mass is 10.0. The van der Waals surface area contributed by atoms with Crippen molar-refractivity contribution >= 4 is 0 Å². The van der Waals surface area contributed by atoms with Gasteiger partial charge >= 0.3 is 0 Å². The summed E-state index contributed by atoms with van der Waals surface area (Å²) in [7, 11) is 1.98. The van der Waals surface area contributed by atoms with E-state index in [-0.39, 0.29) is 6.04 Å². The maximum absolute atomic E-state index is 6.20. The number of aromatic nitrogens is 2. The maximum Gasteiger partial charge on any atom is 0.0625 e. The van der Waals surface area contributed by atoms with Gasteiger partial charge in [0.05, 0.1) is 11.4 Å². The predicted octanol–water partition coefficient (Wildman–Crippen LogP) is 3.12. The Morgan fingerprint density at radius 3 is 2.82 bits per heavy atom. The van der Waals surface area contributed by atoms with Crippen LogP contribution in [0, 0.1) is 0 Å². The summed E-state index contributed by atoms with van der Waals surface area (Å²) in [6, 6.07) is 2.26. The maximum atomic E-state index is 6.20. The van der Waals surface area contributed by atoms with Gasteiger partial charge in [0.2, 0.25) is 0 Å². The monoisotopic (exact) mass is 235 g/mol. The standard InChI is InChI=1S/C14H25N3/c1-4-6-7-8-9-10-13(15)14-11-12(5-2)16-17(14)3/h4,11,13H,1,5-10,15H2,2-3H3. The number of hydrogen-bond acceptors (Lipinski definition) is 2. The molecular formula is C14H25N3. The van der Waals surface area contributed by atoms with E-state index in [1.807, 2.05) is 17.8 Å². The summed E-state index contributed by atoms with van der Waals surface area (Å²) in [5, 5.41) is 4.43. The summed E-state index contributed by atoms with van der Waals surface area (Å²) in [5.41, 5.74) is 8.48. The highest BCUT2D eigenvalue weighted by atomic mass is 15.3. The SMILES string of the molecule is C=CCCCCCC(N)c1cc(CC)nn1C. The second kappa shape index (κ2) is 7.28. The minimum absolute atomic E-state index is 0.122. The first-order valence-corrected chi connectivity index (χ1v) is 6.58. The molecule has 0 bridgehead atoms. The predicted molar refractivity (Wildman–Crippen MR) is 72.8 cm³/mol. The fourth-order valence-corrected chi connectivity index (χ4v) is 2.04. The highest BCUT2D eigenvalue weighted by Crippen LogP contribution is 2.18. The van der Waals surface area contributed by atoms with E-state index in [1.54, 1.807) is 0 Å². The highest BCUT2D eigenvalue weighted by molar-refractivity contribution is 5.13. The van der Waals surface area contributed by atoms with Gasteiger partial charge in [-0.25, -0.2) is 0 Å². The quantitative estimate of drug-likeness (QED) is 0.556. The van der Waals surface area contributed by atoms with Crippen LogP contribution in [0.5, 0.6) is 0 Å². The Balaban J connectivity index is 2.38. The van der Waals surface area contributed by atoms with Crippen molar-refractivity contribution in [2.45, 2.75) is 51.5 Å². The number of rotatable bonds is 8. The molecule has 0 saturated heterocycles. The van der Waals surface area contributed by atoms with Crippen LogP contribution >= 0.6 is 0 Å². The minimum atomic E-state index is 0.122. The first-order chi connectivity index (χ1) is 8.19. The molecule has 0 saturated carbocycles. The summed E-state index contributed by atoms with van der Waals surface area (Å²) >= 11 is 0. The van der Waals surface area contributed by atoms with E-state index >= 15 is 0 Å². The molecule has 17 heavy (non-hydrogen) atoms. The third-order valence-electron chi connectivity index (χ3n) is 3.13. The Morgan fingerprint density at radius 1 is 1.47 bits per heavy atom. The molecule has 1 unspecified atom stereocenters. The van der Waals surface area contributed by atoms with Crippen molar-refractivity contribution in [2.24, 2.45) is 12.8 Å². The third-order valence-corrected chi connectivity index (χ3v) is 3.13. The lowest BCUT2D eigenvalue weighted by molar-refractivity contribution is 0.537. The fraction of sp³-hybridized carbons (Fsp3) is 0.643. The number of allylic oxidation sites excluding steroid dienone is 1. The van der Waals surface area contributed by atoms with Crippen LogP contribution in [0.3, 0.4) is 0 Å². The average molecular weight is 235 g/mol. The zero-order valence-corrected chi connectivity index (χ0v) is 11.2. The largest absolute Gasteiger partial charge is 0.323 e. The van der Waals surface area contributed by atoms with Crippen molar-refractivity contribution in [3.8, 4) is 0 Å². The van der Waals surface area contributed by atoms with Crippen molar-refractivity contribution in [2.75, 3.05) is 0 Å². The Bertz CT molecular complexity index is 341. The van der Waals surface area contributed by atoms with Crippen LogP contribution in [0.2, 0.25) is 0 Å². The van der Waals surface area contributed by atoms with Gasteiger partial charge in [0.1, 0.15) is 0 Å². The molecule has 2 N–H and O–H groups in total. The summed E-state index contributed by atoms with van der Waals surface area (Å²) < 4.78 is 1.92. The molecule has 0 aliphatic rings. The van der Waals surface area contributed by atoms with E-state index in [0.717, 1.165) is 30.7 Å². The average Bonchev–Trinajstić information content (AvgIpc) is 2.70. The van der Waals surface area contributed by atoms with Gasteiger partial charge in [-0.15, -0.1) is 6.58 Å². The molecule has 96 valence electrons. The first-order valence-electron chi connectivity index (χ1n) is 6.58. The summed E-state index contributed by atoms with van der Waals surface area (Å²) in [5.74, 6) is 0. The summed E-state index contributed by atoms with van der Waals surface area (Å²) in [4.78, 5) is 0. The van der Waals surface area contributed by atoms with E-state index in [0.29, 0.717) is 0 Å². The molecule has 1 atom stereocenters. The number of unbranched alkanes of at least 4 members (excludes halogenated alkanes) is 3. The molecule has 0 fully saturated rings. The molecule has 3 nitrogen and oxygen atoms in total. The fourth-order valence-electron chi connectivity index (χ4n) is 2.04. The van der Waals surface area contributed by atoms with Gasteiger partial charge in [-0.3, -0.25) is 4.68 Å². The molecule has 0 aliphatic carbocycles. The molecule has 0 aromatic carbocycles. The second-order valence-electron chi connectivity index (χ2n) is 4.57. The molecular weight excluding hydrogens is 210 g/mol. The van der Waals surface area contributed by atoms with Crippen LogP contribution in [0.4, 0.5) is 0 Å². The van der Waals surface area contributed by atoms with E-state index in [9.17, 15) is 0 Å². The van der Waals surface area contributed by atoms with Gasteiger partial charge in [0, 0.05) is 13.1 Å². The van der Waals surface area contributed by atoms with Crippen molar-refractivity contribution in [1.29, 1.82) is 0 Å². The van der Waals surface area contributed by atoms with E-state index in [1.165, 1.54) is 19.3 Å². The van der Waals surface area contributed by atoms with Gasteiger partial charge in [-0.2, -0.15) is 5.10 Å². The Labute approximate surface area is 105 Å². The zero-order chi connectivity index (χ0) is 12.7. The first kappa shape index (κ1) is 14.0. The number of nitrogens with two attached hydrogens (primary N) is 1. The second-order valence-corrected chi connectivity index (χ2v) is 4.57. The Hall–Kier alpha value is -1.09. The minimum Gasteiger partial charge on any atom is -0.323 e. The normalized spacial score (nSPS) is 12.6. The zero-order valence-electron chi connectivity index (χ0n) is 11.2. The Kier molecular flexibility index (Phi) is 5.98. The van der Waals surface area contributed by atoms with Crippen molar-refractivity contribution < 1.29 is 0 Å². The third kappa shape index (κ3) is 4.35. The van der Waals surface area contributed by atoms with Gasteiger partial charge in [0.15, 0.2) is 0 Å². The molecule has 1 aromatic rings. The van der Waals surface area contributed by atoms with Crippen LogP contribution in [0.1, 0.15) is 56.5 Å². The van der Waals surface area contributed by atoms with E-state index in [2.05, 4.69) is 24.7 Å². The number of nitrogens with zero attached hydrogens (tertiary/aromatic N) is 2. The van der Waals surface area contributed by atoms with Gasteiger partial charge in [-0.1, -0.05) is 25.8 Å². The van der Waals surface area contributed by atoms with Gasteiger partial charge in [0.25, 0.3) is 0 Å². The topological polar surface area (TPSA) is 43.8 Å². The molecule has 3 heteroatoms. The van der Waals surface area contributed by atoms with Gasteiger partial charge < -0.3 is 5.73 Å². The number of hydrogen-bond donors (Lipinski definition) is 1. The Morgan fingerprint density at radius 2 is 2.24 bits per heavy atom. The van der Waals surface area contributed by atoms with Crippen LogP contribution in [0.15, 0.2) is 18.7 Å². The molecule has 1 heterocycles. The molecule has 0 spiro atoms. The van der Waals surface area contributed by atoms with E-state index in [4.69, 9.17) is 5.73 Å². The lowest BCUT2D eigenvalue weighted by Gasteiger charge is -2.11. The van der Waals surface area contributed by atoms with Gasteiger partial charge in [-0.05, 0) is 31.7 Å².